The smallest absolute Gasteiger partial charge is 0.264 e. The van der Waals surface area contributed by atoms with Gasteiger partial charge in [0, 0.05) is 18.3 Å². The fourth-order valence-electron chi connectivity index (χ4n) is 2.86. The molecule has 0 atom stereocenters. The van der Waals surface area contributed by atoms with E-state index in [0.717, 1.165) is 26.2 Å². The summed E-state index contributed by atoms with van der Waals surface area (Å²) in [6.45, 7) is 0. The molecule has 0 spiro atoms. The molecule has 2 aromatic carbocycles. The summed E-state index contributed by atoms with van der Waals surface area (Å²) in [5, 5.41) is 4.77. The van der Waals surface area contributed by atoms with Crippen molar-refractivity contribution in [3.63, 3.8) is 0 Å². The molecule has 1 amide bonds. The molecule has 2 aromatic heterocycles. The Hall–Kier alpha value is -3.05. The van der Waals surface area contributed by atoms with Crippen molar-refractivity contribution in [3.05, 3.63) is 65.5 Å². The number of thiophene rings is 1. The number of amides is 1. The minimum absolute atomic E-state index is 0.0379. The third-order valence-electron chi connectivity index (χ3n) is 4.48. The number of hydrogen-bond donors (Lipinski definition) is 2. The number of fused-ring (bicyclic) bond motifs is 1. The van der Waals surface area contributed by atoms with Crippen LogP contribution in [-0.2, 0) is 14.9 Å². The average molecular weight is 443 g/mol. The Bertz CT molecular complexity index is 1310. The highest BCUT2D eigenvalue weighted by Crippen LogP contribution is 2.26. The second-order valence-electron chi connectivity index (χ2n) is 6.37. The van der Waals surface area contributed by atoms with Gasteiger partial charge in [-0.15, -0.1) is 11.3 Å². The third-order valence-corrected chi connectivity index (χ3v) is 7.04. The van der Waals surface area contributed by atoms with Gasteiger partial charge in [-0.1, -0.05) is 16.6 Å². The van der Waals surface area contributed by atoms with E-state index < -0.39 is 15.9 Å². The maximum Gasteiger partial charge on any atom is 0.264 e. The van der Waals surface area contributed by atoms with E-state index in [9.17, 15) is 13.2 Å². The molecule has 0 aliphatic rings. The van der Waals surface area contributed by atoms with Crippen LogP contribution in [0.4, 0.5) is 5.69 Å². The molecule has 2 heterocycles. The molecule has 4 aromatic rings. The van der Waals surface area contributed by atoms with Gasteiger partial charge < -0.3 is 10.3 Å². The summed E-state index contributed by atoms with van der Waals surface area (Å²) >= 11 is 1.59. The topological polar surface area (TPSA) is 104 Å². The first-order valence-electron chi connectivity index (χ1n) is 8.86. The van der Waals surface area contributed by atoms with Crippen LogP contribution in [0.3, 0.4) is 0 Å². The van der Waals surface area contributed by atoms with Crippen LogP contribution in [0, 0.1) is 0 Å². The molecule has 0 aliphatic heterocycles. The first-order chi connectivity index (χ1) is 14.4. The number of H-pyrrole nitrogens is 1. The summed E-state index contributed by atoms with van der Waals surface area (Å²) in [5.41, 5.74) is 2.35. The molecule has 0 aliphatic carbocycles. The first kappa shape index (κ1) is 20.2. The van der Waals surface area contributed by atoms with Gasteiger partial charge in [-0.25, -0.2) is 13.4 Å². The van der Waals surface area contributed by atoms with Crippen LogP contribution < -0.4 is 5.32 Å². The van der Waals surface area contributed by atoms with Gasteiger partial charge in [0.05, 0.1) is 27.9 Å². The van der Waals surface area contributed by atoms with Crippen molar-refractivity contribution in [1.82, 2.24) is 14.4 Å². The minimum Gasteiger partial charge on any atom is -0.337 e. The zero-order chi connectivity index (χ0) is 21.3. The second-order valence-corrected chi connectivity index (χ2v) is 9.26. The average Bonchev–Trinajstić information content (AvgIpc) is 3.42. The molecular weight excluding hydrogens is 424 g/mol. The standard InChI is InChI=1S/C20H18N4O4S2/c1-24(28-2)30(26,27)15-6-3-5-13(11-15)20(25)21-14-8-9-16-17(12-14)23-19(22-16)18-7-4-10-29-18/h3-12H,1-2H3,(H,21,25)(H,22,23). The van der Waals surface area contributed by atoms with Crippen molar-refractivity contribution in [1.29, 1.82) is 0 Å². The number of aromatic amines is 1. The highest BCUT2D eigenvalue weighted by Gasteiger charge is 2.22. The summed E-state index contributed by atoms with van der Waals surface area (Å²) in [4.78, 5) is 26.2. The van der Waals surface area contributed by atoms with Crippen LogP contribution in [0.15, 0.2) is 64.9 Å². The number of carbonyl (C=O) groups is 1. The Balaban J connectivity index is 1.58. The van der Waals surface area contributed by atoms with E-state index >= 15 is 0 Å². The SMILES string of the molecule is CON(C)S(=O)(=O)c1cccc(C(=O)Nc2ccc3nc(-c4cccs4)[nH]c3c2)c1. The normalized spacial score (nSPS) is 11.8. The monoisotopic (exact) mass is 442 g/mol. The number of sulfonamides is 1. The summed E-state index contributed by atoms with van der Waals surface area (Å²) in [6.07, 6.45) is 0. The summed E-state index contributed by atoms with van der Waals surface area (Å²) in [7, 11) is -1.31. The fraction of sp³-hybridized carbons (Fsp3) is 0.100. The Morgan fingerprint density at radius 1 is 1.17 bits per heavy atom. The van der Waals surface area contributed by atoms with Crippen molar-refractivity contribution in [2.45, 2.75) is 4.90 Å². The first-order valence-corrected chi connectivity index (χ1v) is 11.2. The number of nitrogens with zero attached hydrogens (tertiary/aromatic N) is 2. The molecule has 0 fully saturated rings. The van der Waals surface area contributed by atoms with Crippen molar-refractivity contribution in [3.8, 4) is 10.7 Å². The van der Waals surface area contributed by atoms with E-state index in [2.05, 4.69) is 15.3 Å². The van der Waals surface area contributed by atoms with Gasteiger partial charge in [0.25, 0.3) is 15.9 Å². The maximum absolute atomic E-state index is 12.7. The molecule has 154 valence electrons. The highest BCUT2D eigenvalue weighted by molar-refractivity contribution is 7.89. The Labute approximate surface area is 177 Å². The highest BCUT2D eigenvalue weighted by atomic mass is 32.2. The number of nitrogens with one attached hydrogen (secondary N) is 2. The summed E-state index contributed by atoms with van der Waals surface area (Å²) in [5.74, 6) is 0.341. The second kappa shape index (κ2) is 8.00. The molecule has 0 unspecified atom stereocenters. The third kappa shape index (κ3) is 3.85. The van der Waals surface area contributed by atoms with Crippen LogP contribution in [0.25, 0.3) is 21.7 Å². The van der Waals surface area contributed by atoms with Crippen LogP contribution in [0.2, 0.25) is 0 Å². The Kier molecular flexibility index (Phi) is 5.39. The van der Waals surface area contributed by atoms with Crippen LogP contribution in [0.1, 0.15) is 10.4 Å². The number of hydrogen-bond acceptors (Lipinski definition) is 6. The Morgan fingerprint density at radius 2 is 2.00 bits per heavy atom. The number of benzene rings is 2. The van der Waals surface area contributed by atoms with Gasteiger partial charge in [-0.3, -0.25) is 9.63 Å². The predicted molar refractivity (Wildman–Crippen MR) is 116 cm³/mol. The van der Waals surface area contributed by atoms with Crippen LogP contribution in [-0.4, -0.2) is 42.9 Å². The molecular formula is C20H18N4O4S2. The maximum atomic E-state index is 12.7. The number of rotatable bonds is 6. The molecule has 30 heavy (non-hydrogen) atoms. The Morgan fingerprint density at radius 3 is 2.73 bits per heavy atom. The van der Waals surface area contributed by atoms with Crippen molar-refractivity contribution < 1.29 is 18.0 Å². The van der Waals surface area contributed by atoms with Crippen LogP contribution >= 0.6 is 11.3 Å². The van der Waals surface area contributed by atoms with Gasteiger partial charge in [-0.05, 0) is 47.8 Å². The summed E-state index contributed by atoms with van der Waals surface area (Å²) in [6, 6.07) is 15.1. The zero-order valence-electron chi connectivity index (χ0n) is 16.1. The van der Waals surface area contributed by atoms with Gasteiger partial charge in [0.2, 0.25) is 0 Å². The minimum atomic E-state index is -3.85. The summed E-state index contributed by atoms with van der Waals surface area (Å²) < 4.78 is 25.5. The lowest BCUT2D eigenvalue weighted by Crippen LogP contribution is -2.26. The van der Waals surface area contributed by atoms with Gasteiger partial charge in [0.1, 0.15) is 5.82 Å². The zero-order valence-corrected chi connectivity index (χ0v) is 17.8. The molecule has 10 heteroatoms. The largest absolute Gasteiger partial charge is 0.337 e. The van der Waals surface area contributed by atoms with E-state index in [-0.39, 0.29) is 10.5 Å². The van der Waals surface area contributed by atoms with Gasteiger partial charge in [-0.2, -0.15) is 0 Å². The number of aromatic nitrogens is 2. The van der Waals surface area contributed by atoms with Gasteiger partial charge >= 0.3 is 0 Å². The fourth-order valence-corrected chi connectivity index (χ4v) is 4.55. The molecule has 4 rings (SSSR count). The van der Waals surface area contributed by atoms with E-state index in [1.165, 1.54) is 32.4 Å². The lowest BCUT2D eigenvalue weighted by molar-refractivity contribution is -0.0258. The number of anilines is 1. The van der Waals surface area contributed by atoms with Crippen molar-refractivity contribution in [2.75, 3.05) is 19.5 Å². The van der Waals surface area contributed by atoms with E-state index in [0.29, 0.717) is 5.69 Å². The number of hydroxylamine groups is 1. The quantitative estimate of drug-likeness (QED) is 0.443. The molecule has 0 saturated carbocycles. The molecule has 2 N–H and O–H groups in total. The van der Waals surface area contributed by atoms with Crippen molar-refractivity contribution >= 4 is 44.0 Å². The molecule has 0 radical (unpaired) electrons. The van der Waals surface area contributed by atoms with E-state index in [4.69, 9.17) is 4.84 Å². The predicted octanol–water partition coefficient (Wildman–Crippen LogP) is 3.73. The molecule has 0 bridgehead atoms. The number of imidazole rings is 1. The molecule has 8 nitrogen and oxygen atoms in total. The van der Waals surface area contributed by atoms with E-state index in [1.807, 2.05) is 23.6 Å². The lowest BCUT2D eigenvalue weighted by Gasteiger charge is -2.14. The lowest BCUT2D eigenvalue weighted by atomic mass is 10.2. The van der Waals surface area contributed by atoms with E-state index in [1.54, 1.807) is 29.5 Å². The van der Waals surface area contributed by atoms with Crippen LogP contribution in [0.5, 0.6) is 0 Å². The number of carbonyl (C=O) groups excluding carboxylic acids is 1. The molecule has 0 saturated heterocycles. The van der Waals surface area contributed by atoms with Gasteiger partial charge in [0.15, 0.2) is 0 Å². The van der Waals surface area contributed by atoms with Crippen molar-refractivity contribution in [2.24, 2.45) is 0 Å².